The first-order chi connectivity index (χ1) is 25.2. The Morgan fingerprint density at radius 1 is 0.451 bits per heavy atom. The Morgan fingerprint density at radius 3 is 1.67 bits per heavy atom. The van der Waals surface area contributed by atoms with Gasteiger partial charge in [0.2, 0.25) is 0 Å². The van der Waals surface area contributed by atoms with Crippen LogP contribution >= 0.6 is 0 Å². The fourth-order valence-electron chi connectivity index (χ4n) is 6.86. The minimum Gasteiger partial charge on any atom is -0.455 e. The molecule has 0 spiro atoms. The molecule has 1 aromatic heterocycles. The van der Waals surface area contributed by atoms with Crippen molar-refractivity contribution < 1.29 is 4.42 Å². The lowest BCUT2D eigenvalue weighted by Gasteiger charge is -2.13. The van der Waals surface area contributed by atoms with Crippen LogP contribution in [0.4, 0.5) is 0 Å². The third-order valence-electron chi connectivity index (χ3n) is 9.48. The molecule has 0 saturated carbocycles. The molecular formula is C48H36N2O. The van der Waals surface area contributed by atoms with Gasteiger partial charge >= 0.3 is 0 Å². The Labute approximate surface area is 297 Å². The first-order valence-corrected chi connectivity index (χ1v) is 17.2. The monoisotopic (exact) mass is 656 g/mol. The van der Waals surface area contributed by atoms with Crippen molar-refractivity contribution in [3.63, 3.8) is 0 Å². The third kappa shape index (κ3) is 6.35. The van der Waals surface area contributed by atoms with Crippen molar-refractivity contribution in [3.05, 3.63) is 205 Å². The highest BCUT2D eigenvalue weighted by molar-refractivity contribution is 6.19. The molecule has 0 bridgehead atoms. The van der Waals surface area contributed by atoms with E-state index in [0.29, 0.717) is 0 Å². The van der Waals surface area contributed by atoms with E-state index in [9.17, 15) is 0 Å². The van der Waals surface area contributed by atoms with Crippen LogP contribution in [0, 0.1) is 5.41 Å². The predicted octanol–water partition coefficient (Wildman–Crippen LogP) is 12.5. The van der Waals surface area contributed by atoms with Crippen LogP contribution in [0.1, 0.15) is 22.7 Å². The molecule has 1 heterocycles. The van der Waals surface area contributed by atoms with Crippen molar-refractivity contribution in [2.24, 2.45) is 5.73 Å². The van der Waals surface area contributed by atoms with Crippen LogP contribution in [0.5, 0.6) is 0 Å². The van der Waals surface area contributed by atoms with E-state index in [1.165, 1.54) is 17.0 Å². The molecule has 1 unspecified atom stereocenters. The van der Waals surface area contributed by atoms with Crippen LogP contribution in [-0.4, -0.2) is 6.21 Å². The normalized spacial score (nSPS) is 11.6. The second-order valence-electron chi connectivity index (χ2n) is 12.6. The molecule has 9 rings (SSSR count). The summed E-state index contributed by atoms with van der Waals surface area (Å²) in [7, 11) is 0. The molecule has 9 aromatic rings. The number of nitrogens with one attached hydrogen (secondary N) is 1. The molecule has 244 valence electrons. The molecule has 3 heteroatoms. The minimum atomic E-state index is -0.0594. The maximum Gasteiger partial charge on any atom is 0.143 e. The number of fused-ring (bicyclic) bond motifs is 4. The second kappa shape index (κ2) is 14.1. The van der Waals surface area contributed by atoms with Crippen LogP contribution in [0.15, 0.2) is 192 Å². The van der Waals surface area contributed by atoms with E-state index in [0.717, 1.165) is 72.0 Å². The molecule has 3 N–H and O–H groups in total. The van der Waals surface area contributed by atoms with E-state index < -0.39 is 0 Å². The lowest BCUT2D eigenvalue weighted by Crippen LogP contribution is -2.11. The fraction of sp³-hybridized carbons (Fsp3) is 0.0208. The summed E-state index contributed by atoms with van der Waals surface area (Å²) >= 11 is 0. The van der Waals surface area contributed by atoms with Gasteiger partial charge in [0.25, 0.3) is 0 Å². The van der Waals surface area contributed by atoms with Crippen molar-refractivity contribution >= 4 is 38.9 Å². The Kier molecular flexibility index (Phi) is 8.78. The minimum absolute atomic E-state index is 0.0594. The molecule has 3 nitrogen and oxygen atoms in total. The molecule has 0 saturated heterocycles. The van der Waals surface area contributed by atoms with E-state index in [2.05, 4.69) is 133 Å². The number of hydrogen-bond donors (Lipinski definition) is 2. The lowest BCUT2D eigenvalue weighted by molar-refractivity contribution is 0.671. The summed E-state index contributed by atoms with van der Waals surface area (Å²) in [5.41, 5.74) is 17.7. The third-order valence-corrected chi connectivity index (χ3v) is 9.48. The van der Waals surface area contributed by atoms with E-state index in [1.54, 1.807) is 0 Å². The zero-order valence-corrected chi connectivity index (χ0v) is 28.0. The smallest absolute Gasteiger partial charge is 0.143 e. The SMILES string of the molecule is N=Cc1ccc(-c2ccccc2)c2oc3c(-c4ccccc4)cc(-c4ccccc4)cc3c12.NC(c1ccccc1)c1ccc2ccccc2c1. The number of hydrogen-bond acceptors (Lipinski definition) is 3. The molecule has 51 heavy (non-hydrogen) atoms. The Balaban J connectivity index is 0.000000175. The Hall–Kier alpha value is -6.55. The highest BCUT2D eigenvalue weighted by Gasteiger charge is 2.20. The fourth-order valence-corrected chi connectivity index (χ4v) is 6.86. The highest BCUT2D eigenvalue weighted by atomic mass is 16.3. The average Bonchev–Trinajstić information content (AvgIpc) is 3.61. The molecule has 0 fully saturated rings. The summed E-state index contributed by atoms with van der Waals surface area (Å²) in [6.07, 6.45) is 1.42. The molecule has 0 aliphatic carbocycles. The van der Waals surface area contributed by atoms with Gasteiger partial charge in [0.15, 0.2) is 0 Å². The van der Waals surface area contributed by atoms with Crippen LogP contribution < -0.4 is 5.73 Å². The molecule has 8 aromatic carbocycles. The molecule has 0 aliphatic heterocycles. The van der Waals surface area contributed by atoms with Gasteiger partial charge in [-0.1, -0.05) is 164 Å². The van der Waals surface area contributed by atoms with Crippen molar-refractivity contribution in [1.82, 2.24) is 0 Å². The number of rotatable bonds is 6. The second-order valence-corrected chi connectivity index (χ2v) is 12.6. The van der Waals surface area contributed by atoms with Gasteiger partial charge in [-0.3, -0.25) is 0 Å². The standard InChI is InChI=1S/C31H21NO.C17H15N/c32-20-24-16-17-26(22-12-6-2-7-13-22)31-29(24)28-19-25(21-10-4-1-5-11-21)18-27(30(28)33-31)23-14-8-3-9-15-23;18-17(14-7-2-1-3-8-14)16-11-10-13-6-4-5-9-15(13)12-16/h1-20,32H;1-12,17H,18H2. The van der Waals surface area contributed by atoms with Crippen LogP contribution in [0.25, 0.3) is 66.1 Å². The van der Waals surface area contributed by atoms with Gasteiger partial charge in [0.1, 0.15) is 11.2 Å². The number of furan rings is 1. The lowest BCUT2D eigenvalue weighted by atomic mass is 9.94. The van der Waals surface area contributed by atoms with Crippen molar-refractivity contribution in [3.8, 4) is 33.4 Å². The summed E-state index contributed by atoms with van der Waals surface area (Å²) in [5, 5.41) is 12.6. The van der Waals surface area contributed by atoms with Gasteiger partial charge < -0.3 is 15.6 Å². The van der Waals surface area contributed by atoms with Gasteiger partial charge in [0.05, 0.1) is 6.04 Å². The molecule has 0 radical (unpaired) electrons. The van der Waals surface area contributed by atoms with E-state index in [4.69, 9.17) is 15.6 Å². The van der Waals surface area contributed by atoms with Gasteiger partial charge in [-0.25, -0.2) is 0 Å². The Morgan fingerprint density at radius 2 is 1.02 bits per heavy atom. The quantitative estimate of drug-likeness (QED) is 0.175. The van der Waals surface area contributed by atoms with E-state index >= 15 is 0 Å². The van der Waals surface area contributed by atoms with Crippen LogP contribution in [-0.2, 0) is 0 Å². The summed E-state index contributed by atoms with van der Waals surface area (Å²) < 4.78 is 6.65. The largest absolute Gasteiger partial charge is 0.455 e. The van der Waals surface area contributed by atoms with E-state index in [-0.39, 0.29) is 6.04 Å². The average molecular weight is 657 g/mol. The summed E-state index contributed by atoms with van der Waals surface area (Å²) in [5.74, 6) is 0. The van der Waals surface area contributed by atoms with Crippen LogP contribution in [0.2, 0.25) is 0 Å². The first-order valence-electron chi connectivity index (χ1n) is 17.2. The zero-order chi connectivity index (χ0) is 34.6. The highest BCUT2D eigenvalue weighted by Crippen LogP contribution is 2.43. The number of nitrogens with two attached hydrogens (primary N) is 1. The molecule has 0 aliphatic rings. The predicted molar refractivity (Wildman–Crippen MR) is 214 cm³/mol. The molecular weight excluding hydrogens is 621 g/mol. The Bertz CT molecular complexity index is 2590. The zero-order valence-electron chi connectivity index (χ0n) is 28.0. The van der Waals surface area contributed by atoms with Crippen molar-refractivity contribution in [2.75, 3.05) is 0 Å². The van der Waals surface area contributed by atoms with Gasteiger partial charge in [-0.05, 0) is 68.4 Å². The van der Waals surface area contributed by atoms with Gasteiger partial charge in [-0.2, -0.15) is 0 Å². The topological polar surface area (TPSA) is 63.0 Å². The van der Waals surface area contributed by atoms with Crippen LogP contribution in [0.3, 0.4) is 0 Å². The molecule has 0 amide bonds. The summed E-state index contributed by atoms with van der Waals surface area (Å²) in [6, 6.07) is 64.5. The maximum atomic E-state index is 8.08. The van der Waals surface area contributed by atoms with Gasteiger partial charge in [0, 0.05) is 33.7 Å². The first kappa shape index (κ1) is 31.7. The van der Waals surface area contributed by atoms with Gasteiger partial charge in [-0.15, -0.1) is 0 Å². The van der Waals surface area contributed by atoms with E-state index in [1.807, 2.05) is 54.6 Å². The summed E-state index contributed by atoms with van der Waals surface area (Å²) in [4.78, 5) is 0. The number of benzene rings is 8. The van der Waals surface area contributed by atoms with Crippen molar-refractivity contribution in [2.45, 2.75) is 6.04 Å². The van der Waals surface area contributed by atoms with Crippen molar-refractivity contribution in [1.29, 1.82) is 5.41 Å². The maximum absolute atomic E-state index is 8.08. The summed E-state index contributed by atoms with van der Waals surface area (Å²) in [6.45, 7) is 0. The molecule has 1 atom stereocenters.